The highest BCUT2D eigenvalue weighted by Crippen LogP contribution is 2.32. The minimum atomic E-state index is -0.0320. The number of hydrogen-bond donors (Lipinski definition) is 1. The largest absolute Gasteiger partial charge is 0.493 e. The lowest BCUT2D eigenvalue weighted by Gasteiger charge is -2.38. The number of likely N-dealkylation sites (tertiary alicyclic amines) is 1. The maximum Gasteiger partial charge on any atom is 0.257 e. The molecule has 5 nitrogen and oxygen atoms in total. The van der Waals surface area contributed by atoms with Gasteiger partial charge in [-0.25, -0.2) is 0 Å². The number of benzene rings is 1. The summed E-state index contributed by atoms with van der Waals surface area (Å²) < 4.78 is 10.4. The number of methoxy groups -OCH3 is 2. The van der Waals surface area contributed by atoms with E-state index in [0.717, 1.165) is 13.1 Å². The number of nitrogens with zero attached hydrogens (tertiary/aromatic N) is 1. The van der Waals surface area contributed by atoms with Gasteiger partial charge in [-0.05, 0) is 18.7 Å². The Labute approximate surface area is 106 Å². The lowest BCUT2D eigenvalue weighted by molar-refractivity contribution is 0.0511. The molecule has 0 aliphatic carbocycles. The summed E-state index contributed by atoms with van der Waals surface area (Å²) in [4.78, 5) is 14.1. The second-order valence-corrected chi connectivity index (χ2v) is 4.35. The van der Waals surface area contributed by atoms with Crippen molar-refractivity contribution in [1.29, 1.82) is 0 Å². The number of rotatable bonds is 4. The van der Waals surface area contributed by atoms with Crippen molar-refractivity contribution in [3.05, 3.63) is 23.8 Å². The molecule has 0 aromatic heterocycles. The molecule has 0 spiro atoms. The van der Waals surface area contributed by atoms with Gasteiger partial charge in [0.2, 0.25) is 0 Å². The Bertz CT molecular complexity index is 442. The molecule has 0 bridgehead atoms. The maximum absolute atomic E-state index is 12.3. The summed E-state index contributed by atoms with van der Waals surface area (Å²) in [7, 11) is 3.09. The molecule has 1 heterocycles. The van der Waals surface area contributed by atoms with Crippen LogP contribution in [-0.2, 0) is 0 Å². The van der Waals surface area contributed by atoms with Crippen LogP contribution < -0.4 is 15.2 Å². The SMILES string of the molecule is COc1cccc(C(=O)N2CC(CN)C2)c1OC. The molecular formula is C13H18N2O3. The summed E-state index contributed by atoms with van der Waals surface area (Å²) in [5, 5.41) is 0. The monoisotopic (exact) mass is 250 g/mol. The van der Waals surface area contributed by atoms with Gasteiger partial charge < -0.3 is 20.1 Å². The van der Waals surface area contributed by atoms with E-state index in [4.69, 9.17) is 15.2 Å². The topological polar surface area (TPSA) is 64.8 Å². The van der Waals surface area contributed by atoms with Gasteiger partial charge in [0.05, 0.1) is 19.8 Å². The zero-order valence-electron chi connectivity index (χ0n) is 10.7. The highest BCUT2D eigenvalue weighted by molar-refractivity contribution is 5.98. The molecule has 1 aromatic rings. The first-order chi connectivity index (χ1) is 8.71. The fourth-order valence-corrected chi connectivity index (χ4v) is 2.11. The van der Waals surface area contributed by atoms with Crippen molar-refractivity contribution in [2.45, 2.75) is 0 Å². The van der Waals surface area contributed by atoms with E-state index in [-0.39, 0.29) is 5.91 Å². The van der Waals surface area contributed by atoms with E-state index >= 15 is 0 Å². The van der Waals surface area contributed by atoms with E-state index in [0.29, 0.717) is 29.5 Å². The van der Waals surface area contributed by atoms with E-state index < -0.39 is 0 Å². The maximum atomic E-state index is 12.3. The van der Waals surface area contributed by atoms with Gasteiger partial charge in [0.1, 0.15) is 0 Å². The molecular weight excluding hydrogens is 232 g/mol. The average molecular weight is 250 g/mol. The summed E-state index contributed by atoms with van der Waals surface area (Å²) in [5.41, 5.74) is 6.09. The molecule has 1 fully saturated rings. The first kappa shape index (κ1) is 12.7. The zero-order chi connectivity index (χ0) is 13.1. The molecule has 98 valence electrons. The Morgan fingerprint density at radius 2 is 2.11 bits per heavy atom. The second-order valence-electron chi connectivity index (χ2n) is 4.35. The van der Waals surface area contributed by atoms with E-state index in [2.05, 4.69) is 0 Å². The molecule has 1 saturated heterocycles. The second kappa shape index (κ2) is 5.27. The minimum absolute atomic E-state index is 0.0320. The van der Waals surface area contributed by atoms with Crippen molar-refractivity contribution < 1.29 is 14.3 Å². The van der Waals surface area contributed by atoms with Gasteiger partial charge in [-0.2, -0.15) is 0 Å². The number of ether oxygens (including phenoxy) is 2. The molecule has 2 rings (SSSR count). The number of nitrogens with two attached hydrogens (primary N) is 1. The number of amides is 1. The third-order valence-corrected chi connectivity index (χ3v) is 3.21. The summed E-state index contributed by atoms with van der Waals surface area (Å²) in [6.45, 7) is 2.06. The third-order valence-electron chi connectivity index (χ3n) is 3.21. The van der Waals surface area contributed by atoms with E-state index in [9.17, 15) is 4.79 Å². The van der Waals surface area contributed by atoms with Crippen LogP contribution in [0, 0.1) is 5.92 Å². The van der Waals surface area contributed by atoms with Crippen LogP contribution in [0.1, 0.15) is 10.4 Å². The fourth-order valence-electron chi connectivity index (χ4n) is 2.11. The fraction of sp³-hybridized carbons (Fsp3) is 0.462. The van der Waals surface area contributed by atoms with Crippen LogP contribution in [0.4, 0.5) is 0 Å². The van der Waals surface area contributed by atoms with Crippen LogP contribution in [-0.4, -0.2) is 44.7 Å². The van der Waals surface area contributed by atoms with Crippen LogP contribution in [0.3, 0.4) is 0 Å². The molecule has 0 radical (unpaired) electrons. The zero-order valence-corrected chi connectivity index (χ0v) is 10.7. The quantitative estimate of drug-likeness (QED) is 0.855. The van der Waals surface area contributed by atoms with Crippen LogP contribution >= 0.6 is 0 Å². The van der Waals surface area contributed by atoms with Crippen molar-refractivity contribution in [2.24, 2.45) is 11.7 Å². The van der Waals surface area contributed by atoms with E-state index in [1.807, 2.05) is 0 Å². The van der Waals surface area contributed by atoms with E-state index in [1.54, 1.807) is 30.2 Å². The molecule has 18 heavy (non-hydrogen) atoms. The molecule has 0 atom stereocenters. The Morgan fingerprint density at radius 3 is 2.67 bits per heavy atom. The van der Waals surface area contributed by atoms with Crippen LogP contribution in [0.15, 0.2) is 18.2 Å². The molecule has 5 heteroatoms. The number of para-hydroxylation sites is 1. The standard InChI is InChI=1S/C13H18N2O3/c1-17-11-5-3-4-10(12(11)18-2)13(16)15-7-9(6-14)8-15/h3-5,9H,6-8,14H2,1-2H3. The molecule has 2 N–H and O–H groups in total. The van der Waals surface area contributed by atoms with Crippen molar-refractivity contribution >= 4 is 5.91 Å². The normalized spacial score (nSPS) is 15.2. The van der Waals surface area contributed by atoms with Gasteiger partial charge in [-0.3, -0.25) is 4.79 Å². The summed E-state index contributed by atoms with van der Waals surface area (Å²) in [6.07, 6.45) is 0. The van der Waals surface area contributed by atoms with Crippen molar-refractivity contribution in [2.75, 3.05) is 33.9 Å². The third kappa shape index (κ3) is 2.13. The predicted molar refractivity (Wildman–Crippen MR) is 68.0 cm³/mol. The molecule has 0 saturated carbocycles. The summed E-state index contributed by atoms with van der Waals surface area (Å²) in [5.74, 6) is 1.45. The van der Waals surface area contributed by atoms with Crippen molar-refractivity contribution in [3.63, 3.8) is 0 Å². The molecule has 1 aliphatic rings. The highest BCUT2D eigenvalue weighted by Gasteiger charge is 2.31. The summed E-state index contributed by atoms with van der Waals surface area (Å²) in [6, 6.07) is 5.31. The Morgan fingerprint density at radius 1 is 1.39 bits per heavy atom. The lowest BCUT2D eigenvalue weighted by Crippen LogP contribution is -2.52. The number of carbonyl (C=O) groups excluding carboxylic acids is 1. The van der Waals surface area contributed by atoms with Crippen LogP contribution in [0.25, 0.3) is 0 Å². The Balaban J connectivity index is 2.20. The molecule has 1 aliphatic heterocycles. The van der Waals surface area contributed by atoms with Crippen molar-refractivity contribution in [1.82, 2.24) is 4.90 Å². The predicted octanol–water partition coefficient (Wildman–Crippen LogP) is 0.735. The first-order valence-corrected chi connectivity index (χ1v) is 5.91. The summed E-state index contributed by atoms with van der Waals surface area (Å²) >= 11 is 0. The number of carbonyl (C=O) groups is 1. The lowest BCUT2D eigenvalue weighted by atomic mass is 9.99. The minimum Gasteiger partial charge on any atom is -0.493 e. The van der Waals surface area contributed by atoms with Gasteiger partial charge >= 0.3 is 0 Å². The van der Waals surface area contributed by atoms with Gasteiger partial charge in [-0.1, -0.05) is 6.07 Å². The highest BCUT2D eigenvalue weighted by atomic mass is 16.5. The van der Waals surface area contributed by atoms with Crippen LogP contribution in [0.5, 0.6) is 11.5 Å². The Hall–Kier alpha value is -1.75. The molecule has 1 aromatic carbocycles. The molecule has 1 amide bonds. The smallest absolute Gasteiger partial charge is 0.257 e. The number of hydrogen-bond acceptors (Lipinski definition) is 4. The van der Waals surface area contributed by atoms with Gasteiger partial charge in [0, 0.05) is 19.0 Å². The van der Waals surface area contributed by atoms with Gasteiger partial charge in [-0.15, -0.1) is 0 Å². The van der Waals surface area contributed by atoms with Crippen LogP contribution in [0.2, 0.25) is 0 Å². The van der Waals surface area contributed by atoms with E-state index in [1.165, 1.54) is 7.11 Å². The molecule has 0 unspecified atom stereocenters. The van der Waals surface area contributed by atoms with Gasteiger partial charge in [0.15, 0.2) is 11.5 Å². The first-order valence-electron chi connectivity index (χ1n) is 5.91. The Kier molecular flexibility index (Phi) is 3.72. The van der Waals surface area contributed by atoms with Crippen molar-refractivity contribution in [3.8, 4) is 11.5 Å². The average Bonchev–Trinajstić information content (AvgIpc) is 2.36. The van der Waals surface area contributed by atoms with Gasteiger partial charge in [0.25, 0.3) is 5.91 Å².